The molecule has 202 valence electrons. The van der Waals surface area contributed by atoms with Crippen molar-refractivity contribution in [2.75, 3.05) is 13.1 Å². The van der Waals surface area contributed by atoms with Gasteiger partial charge in [0, 0.05) is 31.0 Å². The Hall–Kier alpha value is -3.23. The molecule has 5 unspecified atom stereocenters. The topological polar surface area (TPSA) is 125 Å². The summed E-state index contributed by atoms with van der Waals surface area (Å²) in [7, 11) is 0. The second kappa shape index (κ2) is 9.82. The maximum absolute atomic E-state index is 13.8. The fraction of sp³-hybridized carbons (Fsp3) is 0.621. The number of benzene rings is 1. The highest BCUT2D eigenvalue weighted by atomic mass is 16.2. The maximum atomic E-state index is 13.8. The first-order valence-corrected chi connectivity index (χ1v) is 14.1. The summed E-state index contributed by atoms with van der Waals surface area (Å²) >= 11 is 0. The van der Waals surface area contributed by atoms with E-state index in [1.807, 2.05) is 30.3 Å². The molecular weight excluding hydrogens is 484 g/mol. The average Bonchev–Trinajstić information content (AvgIpc) is 3.83. The van der Waals surface area contributed by atoms with Crippen LogP contribution in [0.15, 0.2) is 30.3 Å². The van der Waals surface area contributed by atoms with Crippen molar-refractivity contribution in [1.82, 2.24) is 20.9 Å². The summed E-state index contributed by atoms with van der Waals surface area (Å²) in [6, 6.07) is 8.24. The van der Waals surface area contributed by atoms with Crippen molar-refractivity contribution in [3.8, 4) is 0 Å². The molecule has 1 aromatic carbocycles. The van der Waals surface area contributed by atoms with Gasteiger partial charge in [-0.2, -0.15) is 0 Å². The second-order valence-corrected chi connectivity index (χ2v) is 12.0. The average molecular weight is 521 g/mol. The number of carbonyl (C=O) groups is 5. The third kappa shape index (κ3) is 5.20. The highest BCUT2D eigenvalue weighted by Crippen LogP contribution is 2.56. The Morgan fingerprint density at radius 1 is 1.05 bits per heavy atom. The molecule has 2 aliphatic heterocycles. The van der Waals surface area contributed by atoms with Crippen LogP contribution in [-0.4, -0.2) is 65.5 Å². The first-order valence-electron chi connectivity index (χ1n) is 14.1. The SMILES string of the molecule is O=C(NC1CC1)C(=O)C(CC1CCNC1=O)NC(=O)C1CC2(CCN1C(=O)C1CC1c1ccccc1)CC2. The lowest BCUT2D eigenvalue weighted by Crippen LogP contribution is -2.58. The van der Waals surface area contributed by atoms with Crippen LogP contribution in [0, 0.1) is 17.3 Å². The van der Waals surface area contributed by atoms with Crippen molar-refractivity contribution < 1.29 is 24.0 Å². The van der Waals surface area contributed by atoms with E-state index in [1.165, 1.54) is 0 Å². The summed E-state index contributed by atoms with van der Waals surface area (Å²) in [5.74, 6) is -2.38. The fourth-order valence-corrected chi connectivity index (χ4v) is 6.31. The predicted molar refractivity (Wildman–Crippen MR) is 138 cm³/mol. The Morgan fingerprint density at radius 2 is 1.82 bits per heavy atom. The third-order valence-electron chi connectivity index (χ3n) is 9.22. The van der Waals surface area contributed by atoms with Gasteiger partial charge in [-0.05, 0) is 74.7 Å². The van der Waals surface area contributed by atoms with Crippen molar-refractivity contribution in [3.05, 3.63) is 35.9 Å². The molecule has 2 heterocycles. The molecule has 2 saturated heterocycles. The molecule has 0 bridgehead atoms. The molecule has 9 heteroatoms. The van der Waals surface area contributed by atoms with Crippen LogP contribution in [0.2, 0.25) is 0 Å². The van der Waals surface area contributed by atoms with Gasteiger partial charge in [0.25, 0.3) is 5.91 Å². The Balaban J connectivity index is 1.17. The Morgan fingerprint density at radius 3 is 2.47 bits per heavy atom. The van der Waals surface area contributed by atoms with E-state index in [2.05, 4.69) is 16.0 Å². The van der Waals surface area contributed by atoms with Crippen LogP contribution in [0.3, 0.4) is 0 Å². The molecule has 3 saturated carbocycles. The van der Waals surface area contributed by atoms with E-state index in [1.54, 1.807) is 4.90 Å². The van der Waals surface area contributed by atoms with Crippen LogP contribution < -0.4 is 16.0 Å². The highest BCUT2D eigenvalue weighted by Gasteiger charge is 2.54. The molecule has 1 aromatic rings. The van der Waals surface area contributed by atoms with Gasteiger partial charge in [0.15, 0.2) is 0 Å². The monoisotopic (exact) mass is 520 g/mol. The number of hydrogen-bond acceptors (Lipinski definition) is 5. The molecule has 5 fully saturated rings. The van der Waals surface area contributed by atoms with Gasteiger partial charge in [-0.15, -0.1) is 0 Å². The minimum absolute atomic E-state index is 0.000901. The van der Waals surface area contributed by atoms with E-state index in [9.17, 15) is 24.0 Å². The van der Waals surface area contributed by atoms with Crippen LogP contribution >= 0.6 is 0 Å². The van der Waals surface area contributed by atoms with Crippen LogP contribution in [-0.2, 0) is 24.0 Å². The first kappa shape index (κ1) is 25.1. The number of piperidine rings is 1. The number of nitrogens with one attached hydrogen (secondary N) is 3. The summed E-state index contributed by atoms with van der Waals surface area (Å²) in [5, 5.41) is 8.31. The molecule has 0 radical (unpaired) electrons. The summed E-state index contributed by atoms with van der Waals surface area (Å²) in [4.78, 5) is 67.1. The lowest BCUT2D eigenvalue weighted by Gasteiger charge is -2.39. The zero-order chi connectivity index (χ0) is 26.4. The summed E-state index contributed by atoms with van der Waals surface area (Å²) < 4.78 is 0. The van der Waals surface area contributed by atoms with Crippen molar-refractivity contribution in [2.45, 2.75) is 81.8 Å². The van der Waals surface area contributed by atoms with Gasteiger partial charge in [-0.3, -0.25) is 24.0 Å². The van der Waals surface area contributed by atoms with Crippen molar-refractivity contribution in [2.24, 2.45) is 17.3 Å². The van der Waals surface area contributed by atoms with Crippen LogP contribution in [0.5, 0.6) is 0 Å². The lowest BCUT2D eigenvalue weighted by molar-refractivity contribution is -0.146. The van der Waals surface area contributed by atoms with E-state index in [-0.39, 0.29) is 41.5 Å². The van der Waals surface area contributed by atoms with E-state index in [0.717, 1.165) is 44.1 Å². The third-order valence-corrected chi connectivity index (χ3v) is 9.22. The number of ketones is 1. The van der Waals surface area contributed by atoms with E-state index >= 15 is 0 Å². The molecule has 3 N–H and O–H groups in total. The molecule has 0 aromatic heterocycles. The minimum atomic E-state index is -1.10. The number of carbonyl (C=O) groups excluding carboxylic acids is 5. The van der Waals surface area contributed by atoms with Crippen LogP contribution in [0.4, 0.5) is 0 Å². The minimum Gasteiger partial charge on any atom is -0.356 e. The predicted octanol–water partition coefficient (Wildman–Crippen LogP) is 1.42. The van der Waals surface area contributed by atoms with Crippen LogP contribution in [0.25, 0.3) is 0 Å². The van der Waals surface area contributed by atoms with Gasteiger partial charge in [0.1, 0.15) is 6.04 Å². The lowest BCUT2D eigenvalue weighted by atomic mass is 9.86. The maximum Gasteiger partial charge on any atom is 0.289 e. The van der Waals surface area contributed by atoms with Gasteiger partial charge >= 0.3 is 0 Å². The first-order chi connectivity index (χ1) is 18.3. The van der Waals surface area contributed by atoms with E-state index < -0.39 is 35.6 Å². The van der Waals surface area contributed by atoms with Gasteiger partial charge < -0.3 is 20.9 Å². The second-order valence-electron chi connectivity index (χ2n) is 12.0. The Kier molecular flexibility index (Phi) is 6.48. The number of likely N-dealkylation sites (tertiary alicyclic amines) is 1. The largest absolute Gasteiger partial charge is 0.356 e. The highest BCUT2D eigenvalue weighted by molar-refractivity contribution is 6.38. The molecule has 3 aliphatic carbocycles. The smallest absolute Gasteiger partial charge is 0.289 e. The summed E-state index contributed by atoms with van der Waals surface area (Å²) in [6.45, 7) is 1.05. The van der Waals surface area contributed by atoms with Gasteiger partial charge in [-0.1, -0.05) is 30.3 Å². The summed E-state index contributed by atoms with van der Waals surface area (Å²) in [6.07, 6.45) is 6.65. The number of rotatable bonds is 9. The Labute approximate surface area is 222 Å². The zero-order valence-electron chi connectivity index (χ0n) is 21.6. The van der Waals surface area contributed by atoms with Crippen molar-refractivity contribution >= 4 is 29.4 Å². The van der Waals surface area contributed by atoms with E-state index in [0.29, 0.717) is 25.9 Å². The van der Waals surface area contributed by atoms with Gasteiger partial charge in [-0.25, -0.2) is 0 Å². The standard InChI is InChI=1S/C29H36N4O5/c34-24(27(37)31-19-6-7-19)22(14-18-8-12-30-25(18)35)32-26(36)23-16-29(9-10-29)11-13-33(23)28(38)21-15-20(21)17-4-2-1-3-5-17/h1-5,18-23H,6-16H2,(H,30,35)(H,31,37)(H,32,36). The van der Waals surface area contributed by atoms with Crippen molar-refractivity contribution in [1.29, 1.82) is 0 Å². The molecule has 6 rings (SSSR count). The fourth-order valence-electron chi connectivity index (χ4n) is 6.31. The van der Waals surface area contributed by atoms with E-state index in [4.69, 9.17) is 0 Å². The van der Waals surface area contributed by atoms with Gasteiger partial charge in [0.05, 0.1) is 6.04 Å². The van der Waals surface area contributed by atoms with Gasteiger partial charge in [0.2, 0.25) is 23.5 Å². The zero-order valence-corrected chi connectivity index (χ0v) is 21.6. The molecule has 38 heavy (non-hydrogen) atoms. The van der Waals surface area contributed by atoms with Crippen molar-refractivity contribution in [3.63, 3.8) is 0 Å². The number of amides is 4. The summed E-state index contributed by atoms with van der Waals surface area (Å²) in [5.41, 5.74) is 1.24. The normalized spacial score (nSPS) is 29.8. The molecule has 9 nitrogen and oxygen atoms in total. The molecule has 1 spiro atoms. The molecule has 5 atom stereocenters. The number of hydrogen-bond donors (Lipinski definition) is 3. The number of nitrogens with zero attached hydrogens (tertiary/aromatic N) is 1. The quantitative estimate of drug-likeness (QED) is 0.425. The number of Topliss-reactive ketones (excluding diaryl/α,β-unsaturated/α-hetero) is 1. The molecular formula is C29H36N4O5. The molecule has 5 aliphatic rings. The molecule has 4 amide bonds. The van der Waals surface area contributed by atoms with Crippen LogP contribution in [0.1, 0.15) is 69.3 Å². The Bertz CT molecular complexity index is 1140.